The zero-order chi connectivity index (χ0) is 18.3. The van der Waals surface area contributed by atoms with Gasteiger partial charge < -0.3 is 4.90 Å². The van der Waals surface area contributed by atoms with Crippen LogP contribution in [0.2, 0.25) is 0 Å². The van der Waals surface area contributed by atoms with E-state index in [1.54, 1.807) is 4.31 Å². The van der Waals surface area contributed by atoms with Crippen LogP contribution in [-0.2, 0) is 16.4 Å². The fraction of sp³-hybridized carbons (Fsp3) is 0.556. The third-order valence-corrected chi connectivity index (χ3v) is 8.18. The Bertz CT molecular complexity index is 894. The summed E-state index contributed by atoms with van der Waals surface area (Å²) < 4.78 is 32.7. The average molecular weight is 393 g/mol. The van der Waals surface area contributed by atoms with Gasteiger partial charge in [0.05, 0.1) is 10.9 Å². The van der Waals surface area contributed by atoms with Gasteiger partial charge >= 0.3 is 0 Å². The normalized spacial score (nSPS) is 20.7. The summed E-state index contributed by atoms with van der Waals surface area (Å²) in [5, 5.41) is 0.448. The largest absolute Gasteiger partial charge is 0.345 e. The van der Waals surface area contributed by atoms with Gasteiger partial charge in [-0.05, 0) is 30.9 Å². The Balaban J connectivity index is 1.55. The lowest BCUT2D eigenvalue weighted by Crippen LogP contribution is -2.47. The summed E-state index contributed by atoms with van der Waals surface area (Å²) >= 11 is 1.37. The first-order valence-electron chi connectivity index (χ1n) is 9.15. The highest BCUT2D eigenvalue weighted by atomic mass is 32.2. The van der Waals surface area contributed by atoms with Crippen molar-refractivity contribution in [3.8, 4) is 0 Å². The zero-order valence-electron chi connectivity index (χ0n) is 15.1. The fourth-order valence-electron chi connectivity index (χ4n) is 3.70. The Morgan fingerprint density at radius 2 is 2.04 bits per heavy atom. The predicted molar refractivity (Wildman–Crippen MR) is 106 cm³/mol. The molecule has 1 aromatic carbocycles. The van der Waals surface area contributed by atoms with Crippen molar-refractivity contribution in [2.75, 3.05) is 28.8 Å². The lowest BCUT2D eigenvalue weighted by Gasteiger charge is -2.34. The minimum atomic E-state index is -3.38. The summed E-state index contributed by atoms with van der Waals surface area (Å²) in [6.07, 6.45) is 2.35. The molecule has 0 amide bonds. The smallest absolute Gasteiger partial charge is 0.239 e. The summed E-state index contributed by atoms with van der Waals surface area (Å²) in [6, 6.07) is 7.82. The van der Waals surface area contributed by atoms with E-state index in [-0.39, 0.29) is 5.92 Å². The highest BCUT2D eigenvalue weighted by molar-refractivity contribution is 7.93. The van der Waals surface area contributed by atoms with Crippen LogP contribution in [0.1, 0.15) is 44.0 Å². The van der Waals surface area contributed by atoms with Crippen LogP contribution in [0.3, 0.4) is 0 Å². The topological polar surface area (TPSA) is 66.4 Å². The lowest BCUT2D eigenvalue weighted by molar-refractivity contribution is 0.528. The summed E-state index contributed by atoms with van der Waals surface area (Å²) in [7, 11) is -3.38. The number of sulfonamides is 1. The van der Waals surface area contributed by atoms with Crippen LogP contribution in [0, 0.1) is 0 Å². The number of hydrogen-bond donors (Lipinski definition) is 0. The van der Waals surface area contributed by atoms with Gasteiger partial charge in [-0.15, -0.1) is 0 Å². The van der Waals surface area contributed by atoms with Crippen LogP contribution < -0.4 is 9.21 Å². The Labute approximate surface area is 159 Å². The zero-order valence-corrected chi connectivity index (χ0v) is 16.8. The van der Waals surface area contributed by atoms with E-state index in [1.807, 2.05) is 24.3 Å². The molecule has 2 aliphatic heterocycles. The molecule has 26 heavy (non-hydrogen) atoms. The summed E-state index contributed by atoms with van der Waals surface area (Å²) in [6.45, 7) is 6.03. The molecule has 0 saturated carbocycles. The molecule has 8 heteroatoms. The van der Waals surface area contributed by atoms with Gasteiger partial charge in [-0.1, -0.05) is 32.0 Å². The van der Waals surface area contributed by atoms with E-state index < -0.39 is 15.3 Å². The monoisotopic (exact) mass is 392 g/mol. The number of anilines is 2. The molecular weight excluding hydrogens is 368 g/mol. The molecule has 4 rings (SSSR count). The van der Waals surface area contributed by atoms with Crippen molar-refractivity contribution >= 4 is 32.4 Å². The molecule has 140 valence electrons. The molecular formula is C18H24N4O2S2. The standard InChI is InChI=1S/C18H24N4O2S2/c1-13(2)17-19-18(25-20-17)21-10-5-7-15(12-21)26(23,24)22-11-9-14-6-3-4-8-16(14)22/h3-4,6,8,13,15H,5,7,9-12H2,1-2H3. The van der Waals surface area contributed by atoms with Crippen molar-refractivity contribution in [1.82, 2.24) is 9.36 Å². The molecule has 2 aliphatic rings. The number of hydrogen-bond acceptors (Lipinski definition) is 6. The van der Waals surface area contributed by atoms with E-state index in [4.69, 9.17) is 0 Å². The van der Waals surface area contributed by atoms with E-state index in [2.05, 4.69) is 28.1 Å². The first kappa shape index (κ1) is 17.7. The van der Waals surface area contributed by atoms with E-state index in [0.29, 0.717) is 19.5 Å². The van der Waals surface area contributed by atoms with Crippen molar-refractivity contribution in [3.63, 3.8) is 0 Å². The van der Waals surface area contributed by atoms with Gasteiger partial charge in [0, 0.05) is 37.1 Å². The quantitative estimate of drug-likeness (QED) is 0.800. The molecule has 1 unspecified atom stereocenters. The van der Waals surface area contributed by atoms with Crippen LogP contribution >= 0.6 is 11.5 Å². The molecule has 0 spiro atoms. The van der Waals surface area contributed by atoms with Gasteiger partial charge in [-0.2, -0.15) is 4.37 Å². The number of fused-ring (bicyclic) bond motifs is 1. The molecule has 1 aromatic heterocycles. The Hall–Kier alpha value is -1.67. The third-order valence-electron chi connectivity index (χ3n) is 5.17. The molecule has 1 fully saturated rings. The van der Waals surface area contributed by atoms with Crippen molar-refractivity contribution in [1.29, 1.82) is 0 Å². The fourth-order valence-corrected chi connectivity index (χ4v) is 6.53. The third kappa shape index (κ3) is 3.09. The number of piperidine rings is 1. The Kier molecular flexibility index (Phi) is 4.64. The van der Waals surface area contributed by atoms with Crippen LogP contribution in [0.4, 0.5) is 10.8 Å². The maximum Gasteiger partial charge on any atom is 0.239 e. The number of nitrogens with zero attached hydrogens (tertiary/aromatic N) is 4. The first-order chi connectivity index (χ1) is 12.5. The van der Waals surface area contributed by atoms with Crippen LogP contribution in [0.5, 0.6) is 0 Å². The average Bonchev–Trinajstić information content (AvgIpc) is 3.29. The highest BCUT2D eigenvalue weighted by Crippen LogP contribution is 2.34. The second-order valence-corrected chi connectivity index (χ2v) is 10.2. The van der Waals surface area contributed by atoms with E-state index in [1.165, 1.54) is 11.5 Å². The van der Waals surface area contributed by atoms with Gasteiger partial charge in [0.25, 0.3) is 0 Å². The molecule has 0 aliphatic carbocycles. The second kappa shape index (κ2) is 6.81. The molecule has 0 radical (unpaired) electrons. The Morgan fingerprint density at radius 3 is 2.81 bits per heavy atom. The Morgan fingerprint density at radius 1 is 1.23 bits per heavy atom. The van der Waals surface area contributed by atoms with Gasteiger partial charge in [-0.3, -0.25) is 4.31 Å². The predicted octanol–water partition coefficient (Wildman–Crippen LogP) is 3.02. The number of benzene rings is 1. The number of rotatable bonds is 4. The highest BCUT2D eigenvalue weighted by Gasteiger charge is 2.38. The van der Waals surface area contributed by atoms with Crippen LogP contribution in [-0.4, -0.2) is 42.7 Å². The van der Waals surface area contributed by atoms with Crippen LogP contribution in [0.15, 0.2) is 24.3 Å². The summed E-state index contributed by atoms with van der Waals surface area (Å²) in [5.41, 5.74) is 1.97. The lowest BCUT2D eigenvalue weighted by atomic mass is 10.1. The van der Waals surface area contributed by atoms with Gasteiger partial charge in [0.15, 0.2) is 0 Å². The molecule has 1 atom stereocenters. The number of aromatic nitrogens is 2. The molecule has 6 nitrogen and oxygen atoms in total. The SMILES string of the molecule is CC(C)c1nsc(N2CCCC(S(=O)(=O)N3CCc4ccccc43)C2)n1. The van der Waals surface area contributed by atoms with Gasteiger partial charge in [0.1, 0.15) is 5.82 Å². The van der Waals surface area contributed by atoms with Crippen molar-refractivity contribution in [3.05, 3.63) is 35.7 Å². The molecule has 3 heterocycles. The minimum Gasteiger partial charge on any atom is -0.345 e. The van der Waals surface area contributed by atoms with Crippen LogP contribution in [0.25, 0.3) is 0 Å². The minimum absolute atomic E-state index is 0.283. The van der Waals surface area contributed by atoms with Gasteiger partial charge in [-0.25, -0.2) is 13.4 Å². The number of para-hydroxylation sites is 1. The van der Waals surface area contributed by atoms with Crippen molar-refractivity contribution in [2.24, 2.45) is 0 Å². The first-order valence-corrected chi connectivity index (χ1v) is 11.4. The maximum atomic E-state index is 13.3. The van der Waals surface area contributed by atoms with E-state index in [9.17, 15) is 8.42 Å². The molecule has 2 aromatic rings. The van der Waals surface area contributed by atoms with Crippen molar-refractivity contribution in [2.45, 2.75) is 44.3 Å². The summed E-state index contributed by atoms with van der Waals surface area (Å²) in [4.78, 5) is 6.70. The van der Waals surface area contributed by atoms with Gasteiger partial charge in [0.2, 0.25) is 15.2 Å². The second-order valence-electron chi connectivity index (χ2n) is 7.30. The van der Waals surface area contributed by atoms with E-state index >= 15 is 0 Å². The molecule has 0 bridgehead atoms. The summed E-state index contributed by atoms with van der Waals surface area (Å²) in [5.74, 6) is 1.12. The molecule has 0 N–H and O–H groups in total. The maximum absolute atomic E-state index is 13.3. The van der Waals surface area contributed by atoms with E-state index in [0.717, 1.165) is 41.6 Å². The molecule has 1 saturated heterocycles. The van der Waals surface area contributed by atoms with Crippen molar-refractivity contribution < 1.29 is 8.42 Å².